The molecule has 5 rings (SSSR count). The normalized spacial score (nSPS) is 45.0. The van der Waals surface area contributed by atoms with Gasteiger partial charge in [0.2, 0.25) is 0 Å². The number of fused-ring (bicyclic) bond motifs is 5. The van der Waals surface area contributed by atoms with Crippen LogP contribution in [0.25, 0.3) is 0 Å². The van der Waals surface area contributed by atoms with Crippen molar-refractivity contribution in [3.05, 3.63) is 11.6 Å². The van der Waals surface area contributed by atoms with Crippen LogP contribution in [-0.2, 0) is 18.9 Å². The molecule has 1 spiro atoms. The molecule has 5 aliphatic rings. The summed E-state index contributed by atoms with van der Waals surface area (Å²) in [6.07, 6.45) is 15.4. The molecule has 0 radical (unpaired) electrons. The first-order chi connectivity index (χ1) is 16.7. The molecule has 4 nitrogen and oxygen atoms in total. The van der Waals surface area contributed by atoms with Gasteiger partial charge in [0.25, 0.3) is 0 Å². The summed E-state index contributed by atoms with van der Waals surface area (Å²) in [6.45, 7) is 14.2. The van der Waals surface area contributed by atoms with Gasteiger partial charge in [-0.1, -0.05) is 32.4 Å². The van der Waals surface area contributed by atoms with Crippen molar-refractivity contribution in [2.75, 3.05) is 27.1 Å². The molecule has 4 aliphatic carbocycles. The van der Waals surface area contributed by atoms with E-state index in [-0.39, 0.29) is 5.79 Å². The fourth-order valence-corrected chi connectivity index (χ4v) is 10.0. The van der Waals surface area contributed by atoms with Crippen LogP contribution >= 0.6 is 0 Å². The highest BCUT2D eigenvalue weighted by molar-refractivity contribution is 5.13. The Bertz CT molecular complexity index is 768. The van der Waals surface area contributed by atoms with Gasteiger partial charge in [-0.25, -0.2) is 0 Å². The highest BCUT2D eigenvalue weighted by atomic mass is 16.7. The fraction of sp³-hybridized carbons (Fsp3) is 0.935. The predicted octanol–water partition coefficient (Wildman–Crippen LogP) is 7.37. The van der Waals surface area contributed by atoms with Gasteiger partial charge in [-0.2, -0.15) is 0 Å². The molecule has 0 unspecified atom stereocenters. The third-order valence-corrected chi connectivity index (χ3v) is 11.8. The Hall–Kier alpha value is -0.420. The Balaban J connectivity index is 1.38. The first-order valence-corrected chi connectivity index (χ1v) is 14.7. The minimum Gasteiger partial charge on any atom is -0.359 e. The van der Waals surface area contributed by atoms with Crippen molar-refractivity contribution in [1.29, 1.82) is 0 Å². The monoisotopic (exact) mass is 488 g/mol. The molecule has 4 heteroatoms. The van der Waals surface area contributed by atoms with E-state index in [4.69, 9.17) is 18.9 Å². The van der Waals surface area contributed by atoms with Gasteiger partial charge in [0, 0.05) is 20.0 Å². The van der Waals surface area contributed by atoms with E-state index in [1.807, 2.05) is 0 Å². The highest BCUT2D eigenvalue weighted by Crippen LogP contribution is 2.69. The van der Waals surface area contributed by atoms with E-state index in [0.29, 0.717) is 35.6 Å². The van der Waals surface area contributed by atoms with Crippen LogP contribution < -0.4 is 0 Å². The van der Waals surface area contributed by atoms with Crippen molar-refractivity contribution < 1.29 is 18.9 Å². The zero-order valence-electron chi connectivity index (χ0n) is 23.4. The van der Waals surface area contributed by atoms with Crippen LogP contribution in [0.2, 0.25) is 0 Å². The first-order valence-electron chi connectivity index (χ1n) is 14.7. The molecule has 200 valence electrons. The van der Waals surface area contributed by atoms with Crippen LogP contribution in [0.3, 0.4) is 0 Å². The van der Waals surface area contributed by atoms with E-state index in [1.165, 1.54) is 50.5 Å². The van der Waals surface area contributed by atoms with Crippen molar-refractivity contribution >= 4 is 0 Å². The predicted molar refractivity (Wildman–Crippen MR) is 140 cm³/mol. The van der Waals surface area contributed by atoms with Crippen molar-refractivity contribution in [2.45, 2.75) is 111 Å². The lowest BCUT2D eigenvalue weighted by Crippen LogP contribution is -2.60. The molecule has 5 fully saturated rings. The summed E-state index contributed by atoms with van der Waals surface area (Å²) >= 11 is 0. The van der Waals surface area contributed by atoms with Gasteiger partial charge in [-0.3, -0.25) is 0 Å². The lowest BCUT2D eigenvalue weighted by Gasteiger charge is -2.63. The smallest absolute Gasteiger partial charge is 0.168 e. The molecule has 1 saturated heterocycles. The van der Waals surface area contributed by atoms with Crippen LogP contribution in [0.15, 0.2) is 11.6 Å². The van der Waals surface area contributed by atoms with Gasteiger partial charge in [0.05, 0.1) is 19.3 Å². The van der Waals surface area contributed by atoms with Crippen molar-refractivity contribution in [3.8, 4) is 0 Å². The van der Waals surface area contributed by atoms with Gasteiger partial charge in [0.1, 0.15) is 6.79 Å². The van der Waals surface area contributed by atoms with E-state index in [9.17, 15) is 0 Å². The van der Waals surface area contributed by atoms with E-state index >= 15 is 0 Å². The van der Waals surface area contributed by atoms with Crippen molar-refractivity contribution in [3.63, 3.8) is 0 Å². The molecule has 0 aromatic heterocycles. The summed E-state index contributed by atoms with van der Waals surface area (Å²) in [5.74, 6) is 4.15. The van der Waals surface area contributed by atoms with Crippen molar-refractivity contribution in [2.24, 2.45) is 46.3 Å². The van der Waals surface area contributed by atoms with Crippen LogP contribution in [0, 0.1) is 46.3 Å². The minimum atomic E-state index is -0.314. The second-order valence-electron chi connectivity index (χ2n) is 13.7. The third kappa shape index (κ3) is 4.57. The maximum absolute atomic E-state index is 6.58. The number of methoxy groups -OCH3 is 1. The summed E-state index contributed by atoms with van der Waals surface area (Å²) in [5.41, 5.74) is 2.29. The van der Waals surface area contributed by atoms with Crippen LogP contribution in [0.4, 0.5) is 0 Å². The van der Waals surface area contributed by atoms with E-state index in [2.05, 4.69) is 40.7 Å². The summed E-state index contributed by atoms with van der Waals surface area (Å²) < 4.78 is 24.5. The second kappa shape index (κ2) is 10.0. The summed E-state index contributed by atoms with van der Waals surface area (Å²) in [4.78, 5) is 0. The number of rotatable bonds is 7. The molecular formula is C31H52O4. The standard InChI is InChI=1S/C31H52O4/c1-21(2)8-7-9-22(3)24-10-11-25-28-26(12-13-30(24,25)5)29(4)14-15-31(34-16-17-35-31)19-23(29)18-27(28)33-20-32-6/h8,22-28H,7,9-20H2,1-6H3/t22-,23+,24-,25+,26+,27-,28+,29+,30-/m1/s1. The first kappa shape index (κ1) is 26.2. The van der Waals surface area contributed by atoms with Gasteiger partial charge < -0.3 is 18.9 Å². The molecule has 9 atom stereocenters. The van der Waals surface area contributed by atoms with Gasteiger partial charge in [0.15, 0.2) is 5.79 Å². The maximum atomic E-state index is 6.58. The quantitative estimate of drug-likeness (QED) is 0.277. The van der Waals surface area contributed by atoms with Crippen LogP contribution in [0.5, 0.6) is 0 Å². The lowest BCUT2D eigenvalue weighted by atomic mass is 9.43. The maximum Gasteiger partial charge on any atom is 0.168 e. The zero-order chi connectivity index (χ0) is 24.8. The Labute approximate surface area is 214 Å². The topological polar surface area (TPSA) is 36.9 Å². The average molecular weight is 489 g/mol. The van der Waals surface area contributed by atoms with Crippen molar-refractivity contribution in [1.82, 2.24) is 0 Å². The Kier molecular flexibility index (Phi) is 7.52. The average Bonchev–Trinajstić information content (AvgIpc) is 3.42. The van der Waals surface area contributed by atoms with Gasteiger partial charge >= 0.3 is 0 Å². The number of allylic oxidation sites excluding steroid dienone is 2. The van der Waals surface area contributed by atoms with Gasteiger partial charge in [-0.05, 0) is 112 Å². The Morgan fingerprint density at radius 1 is 1.00 bits per heavy atom. The number of hydrogen-bond donors (Lipinski definition) is 0. The lowest BCUT2D eigenvalue weighted by molar-refractivity contribution is -0.253. The van der Waals surface area contributed by atoms with E-state index in [0.717, 1.165) is 56.1 Å². The largest absolute Gasteiger partial charge is 0.359 e. The van der Waals surface area contributed by atoms with Crippen LogP contribution in [-0.4, -0.2) is 39.0 Å². The highest BCUT2D eigenvalue weighted by Gasteiger charge is 2.65. The Morgan fingerprint density at radius 3 is 2.46 bits per heavy atom. The molecule has 0 N–H and O–H groups in total. The SMILES string of the molecule is COCO[C@@H]1C[C@H]2CC3(CC[C@]2(C)[C@H]2CC[C@]4(C)[C@@H]([C@H](C)CCC=C(C)C)CC[C@H]4[C@H]12)OCCO3. The fourth-order valence-electron chi connectivity index (χ4n) is 10.0. The molecule has 4 saturated carbocycles. The molecule has 0 amide bonds. The molecule has 1 heterocycles. The summed E-state index contributed by atoms with van der Waals surface area (Å²) in [7, 11) is 1.77. The molecule has 0 aromatic rings. The molecule has 1 aliphatic heterocycles. The molecule has 0 bridgehead atoms. The summed E-state index contributed by atoms with van der Waals surface area (Å²) in [5, 5.41) is 0. The zero-order valence-corrected chi connectivity index (χ0v) is 23.4. The van der Waals surface area contributed by atoms with Crippen LogP contribution in [0.1, 0.15) is 98.8 Å². The number of hydrogen-bond acceptors (Lipinski definition) is 4. The molecule has 35 heavy (non-hydrogen) atoms. The number of ether oxygens (including phenoxy) is 4. The van der Waals surface area contributed by atoms with E-state index in [1.54, 1.807) is 7.11 Å². The van der Waals surface area contributed by atoms with E-state index < -0.39 is 0 Å². The minimum absolute atomic E-state index is 0.305. The summed E-state index contributed by atoms with van der Waals surface area (Å²) in [6, 6.07) is 0. The second-order valence-corrected chi connectivity index (χ2v) is 13.7. The molecule has 0 aromatic carbocycles. The third-order valence-electron chi connectivity index (χ3n) is 11.8. The van der Waals surface area contributed by atoms with Gasteiger partial charge in [-0.15, -0.1) is 0 Å². The molecular weight excluding hydrogens is 436 g/mol. The Morgan fingerprint density at radius 2 is 1.74 bits per heavy atom.